The Morgan fingerprint density at radius 2 is 1.71 bits per heavy atom. The summed E-state index contributed by atoms with van der Waals surface area (Å²) in [5, 5.41) is 0. The third-order valence-corrected chi connectivity index (χ3v) is 3.86. The van der Waals surface area contributed by atoms with Gasteiger partial charge >= 0.3 is 0 Å². The number of hydrogen-bond donors (Lipinski definition) is 1. The number of nitrogens with two attached hydrogens (primary N) is 1. The van der Waals surface area contributed by atoms with Crippen molar-refractivity contribution in [3.05, 3.63) is 64.7 Å². The van der Waals surface area contributed by atoms with E-state index < -0.39 is 0 Å². The highest BCUT2D eigenvalue weighted by Crippen LogP contribution is 2.21. The number of nitrogens with zero attached hydrogens (tertiary/aromatic N) is 1. The van der Waals surface area contributed by atoms with E-state index in [0.717, 1.165) is 26.1 Å². The lowest BCUT2D eigenvalue weighted by Crippen LogP contribution is -2.26. The van der Waals surface area contributed by atoms with Crippen molar-refractivity contribution in [3.8, 4) is 0 Å². The minimum Gasteiger partial charge on any atom is -0.367 e. The van der Waals surface area contributed by atoms with Gasteiger partial charge in [-0.1, -0.05) is 35.9 Å². The van der Waals surface area contributed by atoms with Crippen LogP contribution in [0.5, 0.6) is 0 Å². The first-order valence-corrected chi connectivity index (χ1v) is 7.68. The van der Waals surface area contributed by atoms with Crippen molar-refractivity contribution < 1.29 is 0 Å². The van der Waals surface area contributed by atoms with E-state index in [4.69, 9.17) is 5.73 Å². The summed E-state index contributed by atoms with van der Waals surface area (Å²) in [5.41, 5.74) is 12.4. The molecule has 2 nitrogen and oxygen atoms in total. The van der Waals surface area contributed by atoms with E-state index >= 15 is 0 Å². The SMILES string of the molecule is Cc1cccc(N(CCCN)Cc2cc(C)ccc2C)c1. The van der Waals surface area contributed by atoms with Gasteiger partial charge in [-0.2, -0.15) is 0 Å². The van der Waals surface area contributed by atoms with Gasteiger partial charge in [0.1, 0.15) is 0 Å². The smallest absolute Gasteiger partial charge is 0.0432 e. The molecule has 2 aromatic carbocycles. The van der Waals surface area contributed by atoms with Gasteiger partial charge in [0.15, 0.2) is 0 Å². The maximum absolute atomic E-state index is 5.71. The molecule has 2 aromatic rings. The molecule has 21 heavy (non-hydrogen) atoms. The van der Waals surface area contributed by atoms with Crippen LogP contribution in [0.4, 0.5) is 5.69 Å². The molecule has 0 saturated carbocycles. The summed E-state index contributed by atoms with van der Waals surface area (Å²) in [7, 11) is 0. The highest BCUT2D eigenvalue weighted by molar-refractivity contribution is 5.49. The van der Waals surface area contributed by atoms with Crippen LogP contribution in [-0.2, 0) is 6.54 Å². The first-order valence-electron chi connectivity index (χ1n) is 7.68. The average molecular weight is 282 g/mol. The van der Waals surface area contributed by atoms with Crippen molar-refractivity contribution in [2.24, 2.45) is 5.73 Å². The molecule has 2 N–H and O–H groups in total. The van der Waals surface area contributed by atoms with Crippen LogP contribution in [0.25, 0.3) is 0 Å². The second-order valence-corrected chi connectivity index (χ2v) is 5.83. The number of benzene rings is 2. The molecule has 0 unspecified atom stereocenters. The van der Waals surface area contributed by atoms with Crippen LogP contribution >= 0.6 is 0 Å². The van der Waals surface area contributed by atoms with Crippen LogP contribution in [-0.4, -0.2) is 13.1 Å². The lowest BCUT2D eigenvalue weighted by Gasteiger charge is -2.26. The fourth-order valence-corrected chi connectivity index (χ4v) is 2.58. The summed E-state index contributed by atoms with van der Waals surface area (Å²) in [5.74, 6) is 0. The molecule has 0 aliphatic carbocycles. The monoisotopic (exact) mass is 282 g/mol. The Kier molecular flexibility index (Phi) is 5.40. The third kappa shape index (κ3) is 4.33. The lowest BCUT2D eigenvalue weighted by atomic mass is 10.0. The Labute approximate surface area is 128 Å². The number of aryl methyl sites for hydroxylation is 3. The molecule has 0 amide bonds. The predicted octanol–water partition coefficient (Wildman–Crippen LogP) is 3.97. The zero-order valence-electron chi connectivity index (χ0n) is 13.4. The van der Waals surface area contributed by atoms with Crippen LogP contribution in [0.2, 0.25) is 0 Å². The number of rotatable bonds is 6. The fourth-order valence-electron chi connectivity index (χ4n) is 2.58. The molecule has 0 radical (unpaired) electrons. The van der Waals surface area contributed by atoms with Gasteiger partial charge in [0.25, 0.3) is 0 Å². The van der Waals surface area contributed by atoms with Crippen LogP contribution in [0.1, 0.15) is 28.7 Å². The molecule has 0 fully saturated rings. The van der Waals surface area contributed by atoms with Gasteiger partial charge in [-0.25, -0.2) is 0 Å². The first-order chi connectivity index (χ1) is 10.1. The zero-order chi connectivity index (χ0) is 15.2. The third-order valence-electron chi connectivity index (χ3n) is 3.86. The van der Waals surface area contributed by atoms with Crippen molar-refractivity contribution in [2.75, 3.05) is 18.0 Å². The topological polar surface area (TPSA) is 29.3 Å². The van der Waals surface area contributed by atoms with E-state index in [-0.39, 0.29) is 0 Å². The van der Waals surface area contributed by atoms with Crippen LogP contribution in [0, 0.1) is 20.8 Å². The Bertz CT molecular complexity index is 590. The Hall–Kier alpha value is -1.80. The zero-order valence-corrected chi connectivity index (χ0v) is 13.4. The summed E-state index contributed by atoms with van der Waals surface area (Å²) in [6, 6.07) is 15.4. The molecule has 0 atom stereocenters. The van der Waals surface area contributed by atoms with E-state index in [1.54, 1.807) is 0 Å². The van der Waals surface area contributed by atoms with Gasteiger partial charge in [-0.15, -0.1) is 0 Å². The largest absolute Gasteiger partial charge is 0.367 e. The Morgan fingerprint density at radius 1 is 0.952 bits per heavy atom. The molecule has 2 heteroatoms. The van der Waals surface area contributed by atoms with E-state index in [2.05, 4.69) is 68.1 Å². The van der Waals surface area contributed by atoms with E-state index in [1.165, 1.54) is 27.9 Å². The molecule has 0 spiro atoms. The van der Waals surface area contributed by atoms with E-state index in [0.29, 0.717) is 0 Å². The molecule has 112 valence electrons. The molecule has 0 aliphatic heterocycles. The summed E-state index contributed by atoms with van der Waals surface area (Å²) in [4.78, 5) is 2.43. The molecule has 0 saturated heterocycles. The van der Waals surface area contributed by atoms with E-state index in [9.17, 15) is 0 Å². The molecule has 2 rings (SSSR count). The second-order valence-electron chi connectivity index (χ2n) is 5.83. The van der Waals surface area contributed by atoms with Crippen molar-refractivity contribution in [3.63, 3.8) is 0 Å². The predicted molar refractivity (Wildman–Crippen MR) is 91.8 cm³/mol. The summed E-state index contributed by atoms with van der Waals surface area (Å²) < 4.78 is 0. The van der Waals surface area contributed by atoms with E-state index in [1.807, 2.05) is 0 Å². The lowest BCUT2D eigenvalue weighted by molar-refractivity contribution is 0.733. The normalized spacial score (nSPS) is 10.7. The van der Waals surface area contributed by atoms with Crippen LogP contribution in [0.15, 0.2) is 42.5 Å². The van der Waals surface area contributed by atoms with Crippen molar-refractivity contribution in [1.82, 2.24) is 0 Å². The molecule has 0 aromatic heterocycles. The fraction of sp³-hybridized carbons (Fsp3) is 0.368. The maximum atomic E-state index is 5.71. The van der Waals surface area contributed by atoms with Gasteiger partial charge in [-0.05, 0) is 62.6 Å². The highest BCUT2D eigenvalue weighted by atomic mass is 15.1. The minimum absolute atomic E-state index is 0.731. The average Bonchev–Trinajstić information content (AvgIpc) is 2.47. The van der Waals surface area contributed by atoms with Crippen molar-refractivity contribution in [1.29, 1.82) is 0 Å². The van der Waals surface area contributed by atoms with Crippen LogP contribution < -0.4 is 10.6 Å². The summed E-state index contributed by atoms with van der Waals surface area (Å²) in [6.45, 7) is 9.15. The maximum Gasteiger partial charge on any atom is 0.0432 e. The van der Waals surface area contributed by atoms with Crippen molar-refractivity contribution >= 4 is 5.69 Å². The number of hydrogen-bond acceptors (Lipinski definition) is 2. The number of anilines is 1. The van der Waals surface area contributed by atoms with Gasteiger partial charge < -0.3 is 10.6 Å². The molecule has 0 bridgehead atoms. The second kappa shape index (κ2) is 7.28. The van der Waals surface area contributed by atoms with Crippen LogP contribution in [0.3, 0.4) is 0 Å². The van der Waals surface area contributed by atoms with Gasteiger partial charge in [0, 0.05) is 18.8 Å². The minimum atomic E-state index is 0.731. The highest BCUT2D eigenvalue weighted by Gasteiger charge is 2.09. The van der Waals surface area contributed by atoms with Gasteiger partial charge in [0.2, 0.25) is 0 Å². The quantitative estimate of drug-likeness (QED) is 0.868. The van der Waals surface area contributed by atoms with Gasteiger partial charge in [0.05, 0.1) is 0 Å². The summed E-state index contributed by atoms with van der Waals surface area (Å²) >= 11 is 0. The Morgan fingerprint density at radius 3 is 2.43 bits per heavy atom. The Balaban J connectivity index is 2.25. The van der Waals surface area contributed by atoms with Gasteiger partial charge in [-0.3, -0.25) is 0 Å². The van der Waals surface area contributed by atoms with Crippen molar-refractivity contribution in [2.45, 2.75) is 33.7 Å². The molecular weight excluding hydrogens is 256 g/mol. The first kappa shape index (κ1) is 15.6. The summed E-state index contributed by atoms with van der Waals surface area (Å²) in [6.07, 6.45) is 1.01. The molecule has 0 heterocycles. The molecule has 0 aliphatic rings. The standard InChI is InChI=1S/C19H26N2/c1-15-6-4-7-19(13-15)21(11-5-10-20)14-18-12-16(2)8-9-17(18)3/h4,6-9,12-13H,5,10-11,14,20H2,1-3H3. The molecular formula is C19H26N2.